The Bertz CT molecular complexity index is 684. The largest absolute Gasteiger partial charge is 0.460 e. The molecule has 0 saturated carbocycles. The molecule has 3 aliphatic heterocycles. The third-order valence-electron chi connectivity index (χ3n) is 6.34. The van der Waals surface area contributed by atoms with Crippen molar-refractivity contribution < 1.29 is 28.6 Å². The summed E-state index contributed by atoms with van der Waals surface area (Å²) in [6, 6.07) is 0. The van der Waals surface area contributed by atoms with Gasteiger partial charge in [-0.25, -0.2) is 4.79 Å². The normalized spacial score (nSPS) is 39.8. The van der Waals surface area contributed by atoms with Gasteiger partial charge in [-0.3, -0.25) is 9.59 Å². The van der Waals surface area contributed by atoms with E-state index in [9.17, 15) is 14.4 Å². The molecule has 2 bridgehead atoms. The average Bonchev–Trinajstić information content (AvgIpc) is 3.26. The van der Waals surface area contributed by atoms with E-state index in [1.165, 1.54) is 0 Å². The summed E-state index contributed by atoms with van der Waals surface area (Å²) in [6.07, 6.45) is 1.31. The summed E-state index contributed by atoms with van der Waals surface area (Å²) in [5.74, 6) is -1.35. The Hall–Kier alpha value is -1.73. The molecule has 150 valence electrons. The molecule has 2 saturated heterocycles. The quantitative estimate of drug-likeness (QED) is 0.466. The Morgan fingerprint density at radius 1 is 1.15 bits per heavy atom. The zero-order valence-electron chi connectivity index (χ0n) is 16.7. The minimum Gasteiger partial charge on any atom is -0.460 e. The van der Waals surface area contributed by atoms with Gasteiger partial charge >= 0.3 is 11.9 Å². The van der Waals surface area contributed by atoms with Crippen LogP contribution in [-0.2, 0) is 28.6 Å². The van der Waals surface area contributed by atoms with Gasteiger partial charge in [-0.05, 0) is 40.2 Å². The molecule has 0 aliphatic carbocycles. The lowest BCUT2D eigenvalue weighted by molar-refractivity contribution is -0.165. The second-order valence-electron chi connectivity index (χ2n) is 8.59. The molecule has 1 spiro atoms. The predicted octanol–water partition coefficient (Wildman–Crippen LogP) is 1.50. The number of carbonyl (C=O) groups excluding carboxylic acids is 3. The molecule has 0 amide bonds. The number of hydrogen-bond donors (Lipinski definition) is 0. The Kier molecular flexibility index (Phi) is 5.20. The number of Topliss-reactive ketones (excluding diaryl/α,β-unsaturated/α-hetero) is 1. The number of nitrogens with zero attached hydrogens (tertiary/aromatic N) is 1. The fraction of sp³-hybridized carbons (Fsp3) is 0.750. The van der Waals surface area contributed by atoms with Gasteiger partial charge in [0.25, 0.3) is 0 Å². The first-order valence-electron chi connectivity index (χ1n) is 9.56. The maximum absolute atomic E-state index is 12.9. The topological polar surface area (TPSA) is 85.4 Å². The maximum atomic E-state index is 12.9. The lowest BCUT2D eigenvalue weighted by Gasteiger charge is -2.33. The zero-order chi connectivity index (χ0) is 20.0. The molecule has 27 heavy (non-hydrogen) atoms. The van der Waals surface area contributed by atoms with Crippen molar-refractivity contribution in [3.8, 4) is 0 Å². The van der Waals surface area contributed by atoms with Crippen LogP contribution in [0.4, 0.5) is 0 Å². The van der Waals surface area contributed by atoms with Gasteiger partial charge in [-0.15, -0.1) is 0 Å². The van der Waals surface area contributed by atoms with Crippen molar-refractivity contribution in [3.63, 3.8) is 0 Å². The number of epoxide rings is 1. The number of hydrogen-bond acceptors (Lipinski definition) is 7. The van der Waals surface area contributed by atoms with Crippen LogP contribution in [0, 0.1) is 11.3 Å². The molecule has 7 heteroatoms. The van der Waals surface area contributed by atoms with Crippen LogP contribution in [0.2, 0.25) is 0 Å². The molecule has 2 fully saturated rings. The van der Waals surface area contributed by atoms with Crippen LogP contribution in [-0.4, -0.2) is 67.2 Å². The number of rotatable bonds is 0. The van der Waals surface area contributed by atoms with E-state index < -0.39 is 23.1 Å². The highest BCUT2D eigenvalue weighted by Gasteiger charge is 2.63. The van der Waals surface area contributed by atoms with Gasteiger partial charge in [0.05, 0.1) is 11.5 Å². The van der Waals surface area contributed by atoms with E-state index >= 15 is 0 Å². The average molecular weight is 379 g/mol. The fourth-order valence-corrected chi connectivity index (χ4v) is 3.64. The Morgan fingerprint density at radius 2 is 1.81 bits per heavy atom. The van der Waals surface area contributed by atoms with Crippen molar-refractivity contribution in [2.24, 2.45) is 11.3 Å². The van der Waals surface area contributed by atoms with E-state index in [0.717, 1.165) is 0 Å². The lowest BCUT2D eigenvalue weighted by atomic mass is 9.74. The molecular formula is C20H29NO6. The van der Waals surface area contributed by atoms with Crippen LogP contribution in [0.3, 0.4) is 0 Å². The van der Waals surface area contributed by atoms with Crippen LogP contribution in [0.25, 0.3) is 0 Å². The first kappa shape index (κ1) is 20.0. The van der Waals surface area contributed by atoms with E-state index in [4.69, 9.17) is 14.2 Å². The summed E-state index contributed by atoms with van der Waals surface area (Å²) in [6.45, 7) is 8.40. The molecule has 3 rings (SSSR count). The summed E-state index contributed by atoms with van der Waals surface area (Å²) in [7, 11) is 1.93. The molecule has 0 unspecified atom stereocenters. The monoisotopic (exact) mass is 379 g/mol. The van der Waals surface area contributed by atoms with Crippen LogP contribution in [0.5, 0.6) is 0 Å². The van der Waals surface area contributed by atoms with Gasteiger partial charge in [0.15, 0.2) is 11.7 Å². The Morgan fingerprint density at radius 3 is 2.44 bits per heavy atom. The van der Waals surface area contributed by atoms with E-state index in [0.29, 0.717) is 31.5 Å². The number of fused-ring (bicyclic) bond motifs is 2. The fourth-order valence-electron chi connectivity index (χ4n) is 3.64. The predicted molar refractivity (Wildman–Crippen MR) is 96.9 cm³/mol. The molecule has 0 radical (unpaired) electrons. The molecule has 0 aromatic rings. The van der Waals surface area contributed by atoms with Gasteiger partial charge in [0, 0.05) is 25.1 Å². The number of ketones is 1. The summed E-state index contributed by atoms with van der Waals surface area (Å²) in [5.41, 5.74) is -1.54. The third kappa shape index (κ3) is 3.67. The zero-order valence-corrected chi connectivity index (χ0v) is 16.7. The molecule has 0 aromatic heterocycles. The van der Waals surface area contributed by atoms with E-state index in [-0.39, 0.29) is 30.4 Å². The van der Waals surface area contributed by atoms with Crippen LogP contribution in [0.1, 0.15) is 40.5 Å². The van der Waals surface area contributed by atoms with Crippen LogP contribution >= 0.6 is 0 Å². The van der Waals surface area contributed by atoms with Crippen molar-refractivity contribution in [3.05, 3.63) is 11.6 Å². The second-order valence-corrected chi connectivity index (χ2v) is 8.59. The summed E-state index contributed by atoms with van der Waals surface area (Å²) < 4.78 is 16.8. The van der Waals surface area contributed by atoms with Gasteiger partial charge in [-0.2, -0.15) is 0 Å². The number of cyclic esters (lactones) is 1. The number of ether oxygens (including phenoxy) is 3. The van der Waals surface area contributed by atoms with E-state index in [2.05, 4.69) is 0 Å². The van der Waals surface area contributed by atoms with Crippen LogP contribution < -0.4 is 0 Å². The highest BCUT2D eigenvalue weighted by atomic mass is 16.7. The smallest absolute Gasteiger partial charge is 0.341 e. The van der Waals surface area contributed by atoms with Gasteiger partial charge in [-0.1, -0.05) is 13.0 Å². The van der Waals surface area contributed by atoms with E-state index in [1.807, 2.05) is 25.8 Å². The first-order chi connectivity index (χ1) is 12.6. The minimum absolute atomic E-state index is 0.103. The van der Waals surface area contributed by atoms with Crippen molar-refractivity contribution in [2.75, 3.05) is 26.7 Å². The molecule has 3 aliphatic rings. The summed E-state index contributed by atoms with van der Waals surface area (Å²) in [4.78, 5) is 40.6. The second kappa shape index (κ2) is 7.02. The van der Waals surface area contributed by atoms with Gasteiger partial charge in [0.1, 0.15) is 6.61 Å². The molecule has 7 nitrogen and oxygen atoms in total. The SMILES string of the molecule is C[C@H]1C[C@]2(O[C@@H]2C)C(=O)O[C@@H]2CCN(C)C/C=C(/COC(=O)C1(C)C)C2=O. The third-order valence-corrected chi connectivity index (χ3v) is 6.34. The molecular weight excluding hydrogens is 350 g/mol. The van der Waals surface area contributed by atoms with Crippen molar-refractivity contribution in [1.29, 1.82) is 0 Å². The lowest BCUT2D eigenvalue weighted by Crippen LogP contribution is -2.44. The number of carbonyl (C=O) groups is 3. The first-order valence-corrected chi connectivity index (χ1v) is 9.56. The van der Waals surface area contributed by atoms with Crippen molar-refractivity contribution in [2.45, 2.75) is 58.3 Å². The van der Waals surface area contributed by atoms with Gasteiger partial charge < -0.3 is 19.1 Å². The highest BCUT2D eigenvalue weighted by molar-refractivity contribution is 6.01. The standard InChI is InChI=1S/C20H29NO6/c1-12-10-20(13(2)27-20)18(24)26-15-7-9-21(5)8-6-14(16(15)22)11-25-17(23)19(12,3)4/h6,12-13,15H,7-11H2,1-5H3/b14-6-/t12-,13+,15+,20+/m0/s1. The molecule has 0 aromatic carbocycles. The Labute approximate surface area is 160 Å². The highest BCUT2D eigenvalue weighted by Crippen LogP contribution is 2.47. The van der Waals surface area contributed by atoms with Gasteiger partial charge in [0.2, 0.25) is 5.78 Å². The maximum Gasteiger partial charge on any atom is 0.341 e. The van der Waals surface area contributed by atoms with Crippen LogP contribution in [0.15, 0.2) is 11.6 Å². The number of likely N-dealkylation sites (N-methyl/N-ethyl adjacent to an activating group) is 1. The number of esters is 2. The Balaban J connectivity index is 1.97. The van der Waals surface area contributed by atoms with Crippen molar-refractivity contribution >= 4 is 17.7 Å². The molecule has 3 heterocycles. The van der Waals surface area contributed by atoms with Crippen molar-refractivity contribution in [1.82, 2.24) is 4.90 Å². The van der Waals surface area contributed by atoms with E-state index in [1.54, 1.807) is 19.9 Å². The molecule has 0 N–H and O–H groups in total. The summed E-state index contributed by atoms with van der Waals surface area (Å²) >= 11 is 0. The summed E-state index contributed by atoms with van der Waals surface area (Å²) in [5, 5.41) is 0. The molecule has 4 atom stereocenters. The minimum atomic E-state index is -1.09.